The molecule has 0 aliphatic carbocycles. The first-order chi connectivity index (χ1) is 10.7. The second kappa shape index (κ2) is 7.47. The van der Waals surface area contributed by atoms with Gasteiger partial charge in [-0.2, -0.15) is 0 Å². The molecule has 116 valence electrons. The van der Waals surface area contributed by atoms with Crippen molar-refractivity contribution in [2.24, 2.45) is 0 Å². The minimum atomic E-state index is 0.771. The number of halogens is 2. The van der Waals surface area contributed by atoms with Crippen LogP contribution in [0.1, 0.15) is 16.7 Å². The van der Waals surface area contributed by atoms with Crippen molar-refractivity contribution in [1.29, 1.82) is 0 Å². The van der Waals surface area contributed by atoms with Crippen LogP contribution in [0.15, 0.2) is 42.5 Å². The van der Waals surface area contributed by atoms with Crippen molar-refractivity contribution in [3.05, 3.63) is 69.2 Å². The number of rotatable bonds is 4. The summed E-state index contributed by atoms with van der Waals surface area (Å²) in [5.41, 5.74) is 3.58. The molecular formula is C18H19Cl2NO. The van der Waals surface area contributed by atoms with Crippen molar-refractivity contribution in [2.75, 3.05) is 26.3 Å². The monoisotopic (exact) mass is 335 g/mol. The Hall–Kier alpha value is -1.06. The molecule has 0 N–H and O–H groups in total. The first-order valence-corrected chi connectivity index (χ1v) is 8.28. The van der Waals surface area contributed by atoms with Crippen LogP contribution in [0.3, 0.4) is 0 Å². The molecule has 0 unspecified atom stereocenters. The molecule has 2 aromatic carbocycles. The molecule has 1 aliphatic heterocycles. The van der Waals surface area contributed by atoms with Crippen molar-refractivity contribution in [3.8, 4) is 0 Å². The topological polar surface area (TPSA) is 12.5 Å². The smallest absolute Gasteiger partial charge is 0.0594 e. The molecule has 22 heavy (non-hydrogen) atoms. The molecule has 2 nitrogen and oxygen atoms in total. The number of ether oxygens (including phenoxy) is 1. The summed E-state index contributed by atoms with van der Waals surface area (Å²) in [6.07, 6.45) is 0.845. The van der Waals surface area contributed by atoms with E-state index in [2.05, 4.69) is 29.2 Å². The molecule has 2 aromatic rings. The van der Waals surface area contributed by atoms with Gasteiger partial charge in [-0.3, -0.25) is 4.90 Å². The highest BCUT2D eigenvalue weighted by molar-refractivity contribution is 6.31. The van der Waals surface area contributed by atoms with Gasteiger partial charge >= 0.3 is 0 Å². The van der Waals surface area contributed by atoms with Gasteiger partial charge in [-0.1, -0.05) is 47.5 Å². The summed E-state index contributed by atoms with van der Waals surface area (Å²) in [5, 5.41) is 1.61. The molecule has 4 heteroatoms. The first-order valence-electron chi connectivity index (χ1n) is 7.52. The Labute approximate surface area is 141 Å². The largest absolute Gasteiger partial charge is 0.379 e. The summed E-state index contributed by atoms with van der Waals surface area (Å²) in [5.74, 6) is 0. The Morgan fingerprint density at radius 1 is 0.955 bits per heavy atom. The summed E-state index contributed by atoms with van der Waals surface area (Å²) in [7, 11) is 0. The summed E-state index contributed by atoms with van der Waals surface area (Å²) in [6.45, 7) is 4.45. The highest BCUT2D eigenvalue weighted by Crippen LogP contribution is 2.22. The van der Waals surface area contributed by atoms with Gasteiger partial charge in [-0.15, -0.1) is 0 Å². The van der Waals surface area contributed by atoms with Crippen LogP contribution in [-0.4, -0.2) is 31.2 Å². The zero-order valence-corrected chi connectivity index (χ0v) is 13.9. The third kappa shape index (κ3) is 4.23. The lowest BCUT2D eigenvalue weighted by molar-refractivity contribution is 0.0342. The normalized spacial score (nSPS) is 15.9. The second-order valence-electron chi connectivity index (χ2n) is 5.62. The lowest BCUT2D eigenvalue weighted by atomic mass is 10.0. The summed E-state index contributed by atoms with van der Waals surface area (Å²) < 4.78 is 5.38. The maximum absolute atomic E-state index is 6.46. The zero-order chi connectivity index (χ0) is 15.4. The third-order valence-corrected chi connectivity index (χ3v) is 4.50. The molecule has 0 saturated carbocycles. The third-order valence-electron chi connectivity index (χ3n) is 3.91. The van der Waals surface area contributed by atoms with Crippen molar-refractivity contribution >= 4 is 23.2 Å². The fraction of sp³-hybridized carbons (Fsp3) is 0.333. The van der Waals surface area contributed by atoms with E-state index >= 15 is 0 Å². The Morgan fingerprint density at radius 2 is 1.73 bits per heavy atom. The second-order valence-corrected chi connectivity index (χ2v) is 6.46. The molecule has 1 saturated heterocycles. The van der Waals surface area contributed by atoms with Gasteiger partial charge in [0.15, 0.2) is 0 Å². The molecule has 1 heterocycles. The molecule has 1 aliphatic rings. The Kier molecular flexibility index (Phi) is 5.37. The van der Waals surface area contributed by atoms with Gasteiger partial charge in [0.2, 0.25) is 0 Å². The quantitative estimate of drug-likeness (QED) is 0.820. The highest BCUT2D eigenvalue weighted by Gasteiger charge is 2.12. The van der Waals surface area contributed by atoms with Crippen LogP contribution in [-0.2, 0) is 17.7 Å². The van der Waals surface area contributed by atoms with Gasteiger partial charge in [-0.25, -0.2) is 0 Å². The van der Waals surface area contributed by atoms with Crippen molar-refractivity contribution < 1.29 is 4.74 Å². The standard InChI is InChI=1S/C18H19Cl2NO/c19-17-3-1-2-14(11-17)10-15-4-5-16(18(20)12-15)13-21-6-8-22-9-7-21/h1-5,11-12H,6-10,13H2. The lowest BCUT2D eigenvalue weighted by Crippen LogP contribution is -2.35. The van der Waals surface area contributed by atoms with Crippen molar-refractivity contribution in [3.63, 3.8) is 0 Å². The molecular weight excluding hydrogens is 317 g/mol. The van der Waals surface area contributed by atoms with Gasteiger partial charge in [0, 0.05) is 29.7 Å². The summed E-state index contributed by atoms with van der Waals surface area (Å²) in [6, 6.07) is 14.3. The maximum atomic E-state index is 6.46. The molecule has 0 amide bonds. The van der Waals surface area contributed by atoms with E-state index in [0.717, 1.165) is 49.3 Å². The van der Waals surface area contributed by atoms with E-state index in [1.807, 2.05) is 18.2 Å². The van der Waals surface area contributed by atoms with E-state index in [-0.39, 0.29) is 0 Å². The maximum Gasteiger partial charge on any atom is 0.0594 e. The average Bonchev–Trinajstić information content (AvgIpc) is 2.51. The fourth-order valence-corrected chi connectivity index (χ4v) is 3.19. The number of hydrogen-bond donors (Lipinski definition) is 0. The van der Waals surface area contributed by atoms with E-state index in [4.69, 9.17) is 27.9 Å². The minimum Gasteiger partial charge on any atom is -0.379 e. The molecule has 0 atom stereocenters. The van der Waals surface area contributed by atoms with E-state index in [1.54, 1.807) is 0 Å². The van der Waals surface area contributed by atoms with Gasteiger partial charge in [0.1, 0.15) is 0 Å². The highest BCUT2D eigenvalue weighted by atomic mass is 35.5. The molecule has 0 radical (unpaired) electrons. The Morgan fingerprint density at radius 3 is 2.45 bits per heavy atom. The number of benzene rings is 2. The predicted molar refractivity (Wildman–Crippen MR) is 91.8 cm³/mol. The molecule has 1 fully saturated rings. The lowest BCUT2D eigenvalue weighted by Gasteiger charge is -2.27. The van der Waals surface area contributed by atoms with E-state index in [0.29, 0.717) is 0 Å². The molecule has 0 spiro atoms. The predicted octanol–water partition coefficient (Wildman–Crippen LogP) is 4.42. The van der Waals surface area contributed by atoms with Gasteiger partial charge < -0.3 is 4.74 Å². The Bertz CT molecular complexity index is 639. The van der Waals surface area contributed by atoms with Crippen molar-refractivity contribution in [2.45, 2.75) is 13.0 Å². The van der Waals surface area contributed by atoms with Crippen LogP contribution in [0.4, 0.5) is 0 Å². The minimum absolute atomic E-state index is 0.771. The van der Waals surface area contributed by atoms with Crippen LogP contribution >= 0.6 is 23.2 Å². The van der Waals surface area contributed by atoms with Crippen molar-refractivity contribution in [1.82, 2.24) is 4.90 Å². The van der Waals surface area contributed by atoms with Crippen LogP contribution in [0.25, 0.3) is 0 Å². The van der Waals surface area contributed by atoms with Crippen LogP contribution in [0, 0.1) is 0 Å². The van der Waals surface area contributed by atoms with E-state index in [1.165, 1.54) is 16.7 Å². The van der Waals surface area contributed by atoms with Gasteiger partial charge in [-0.05, 0) is 41.3 Å². The van der Waals surface area contributed by atoms with Gasteiger partial charge in [0.25, 0.3) is 0 Å². The number of morpholine rings is 1. The van der Waals surface area contributed by atoms with E-state index in [9.17, 15) is 0 Å². The fourth-order valence-electron chi connectivity index (χ4n) is 2.71. The summed E-state index contributed by atoms with van der Waals surface area (Å²) >= 11 is 12.5. The van der Waals surface area contributed by atoms with Gasteiger partial charge in [0.05, 0.1) is 13.2 Å². The van der Waals surface area contributed by atoms with Crippen LogP contribution in [0.5, 0.6) is 0 Å². The molecule has 3 rings (SSSR count). The summed E-state index contributed by atoms with van der Waals surface area (Å²) in [4.78, 5) is 2.38. The van der Waals surface area contributed by atoms with E-state index < -0.39 is 0 Å². The molecule has 0 bridgehead atoms. The zero-order valence-electron chi connectivity index (χ0n) is 12.4. The SMILES string of the molecule is Clc1cccc(Cc2ccc(CN3CCOCC3)c(Cl)c2)c1. The number of nitrogens with zero attached hydrogens (tertiary/aromatic N) is 1. The molecule has 0 aromatic heterocycles. The Balaban J connectivity index is 1.68. The van der Waals surface area contributed by atoms with Crippen LogP contribution in [0.2, 0.25) is 10.0 Å². The average molecular weight is 336 g/mol. The first kappa shape index (κ1) is 15.8. The number of hydrogen-bond acceptors (Lipinski definition) is 2. The van der Waals surface area contributed by atoms with Crippen LogP contribution < -0.4 is 0 Å².